The van der Waals surface area contributed by atoms with Crippen molar-refractivity contribution in [3.63, 3.8) is 0 Å². The molecule has 0 aliphatic rings. The lowest BCUT2D eigenvalue weighted by Crippen LogP contribution is -2.26. The number of rotatable bonds is 7. The van der Waals surface area contributed by atoms with Gasteiger partial charge < -0.3 is 5.32 Å². The number of thioether (sulfide) groups is 1. The van der Waals surface area contributed by atoms with E-state index in [1.165, 1.54) is 23.1 Å². The molecule has 0 saturated heterocycles. The molecular formula is C23H17N3O2S4. The Labute approximate surface area is 200 Å². The second kappa shape index (κ2) is 9.41. The summed E-state index contributed by atoms with van der Waals surface area (Å²) in [5.74, 6) is 0.0853. The van der Waals surface area contributed by atoms with Crippen molar-refractivity contribution in [1.29, 1.82) is 0 Å². The Hall–Kier alpha value is -2.72. The molecule has 0 aliphatic carbocycles. The number of carbonyl (C=O) groups excluding carboxylic acids is 1. The number of para-hydroxylation sites is 1. The van der Waals surface area contributed by atoms with E-state index in [0.29, 0.717) is 21.9 Å². The highest BCUT2D eigenvalue weighted by molar-refractivity contribution is 7.99. The summed E-state index contributed by atoms with van der Waals surface area (Å²) in [5, 5.41) is 10.0. The molecule has 1 N–H and O–H groups in total. The van der Waals surface area contributed by atoms with Crippen LogP contribution in [-0.2, 0) is 11.3 Å². The number of carbonyl (C=O) groups is 1. The Balaban J connectivity index is 1.50. The third kappa shape index (κ3) is 4.29. The minimum absolute atomic E-state index is 0.0946. The van der Waals surface area contributed by atoms with Crippen LogP contribution in [0.4, 0.5) is 0 Å². The van der Waals surface area contributed by atoms with Gasteiger partial charge in [-0.25, -0.2) is 4.98 Å². The average molecular weight is 496 g/mol. The summed E-state index contributed by atoms with van der Waals surface area (Å²) >= 11 is 5.94. The maximum absolute atomic E-state index is 13.7. The average Bonchev–Trinajstić information content (AvgIpc) is 3.58. The zero-order valence-electron chi connectivity index (χ0n) is 16.7. The molecule has 0 aliphatic heterocycles. The van der Waals surface area contributed by atoms with Crippen molar-refractivity contribution < 1.29 is 4.79 Å². The highest BCUT2D eigenvalue weighted by atomic mass is 32.2. The largest absolute Gasteiger partial charge is 0.350 e. The first-order valence-electron chi connectivity index (χ1n) is 9.76. The SMILES string of the molecule is O=C(CSc1nc2scc(-c3cccs3)c2c(=O)n1-c1ccccc1)NCc1cccs1. The Morgan fingerprint density at radius 2 is 1.81 bits per heavy atom. The predicted molar refractivity (Wildman–Crippen MR) is 135 cm³/mol. The van der Waals surface area contributed by atoms with Crippen LogP contribution >= 0.6 is 45.8 Å². The van der Waals surface area contributed by atoms with Crippen LogP contribution in [0.5, 0.6) is 0 Å². The van der Waals surface area contributed by atoms with E-state index in [0.717, 1.165) is 21.0 Å². The van der Waals surface area contributed by atoms with Crippen LogP contribution in [0.1, 0.15) is 4.88 Å². The second-order valence-electron chi connectivity index (χ2n) is 6.82. The topological polar surface area (TPSA) is 64.0 Å². The molecule has 0 radical (unpaired) electrons. The van der Waals surface area contributed by atoms with Crippen molar-refractivity contribution in [1.82, 2.24) is 14.9 Å². The molecule has 32 heavy (non-hydrogen) atoms. The lowest BCUT2D eigenvalue weighted by atomic mass is 10.2. The zero-order valence-corrected chi connectivity index (χ0v) is 20.0. The minimum Gasteiger partial charge on any atom is -0.350 e. The van der Waals surface area contributed by atoms with Gasteiger partial charge in [-0.1, -0.05) is 42.1 Å². The molecule has 0 unspecified atom stereocenters. The summed E-state index contributed by atoms with van der Waals surface area (Å²) < 4.78 is 1.61. The van der Waals surface area contributed by atoms with Crippen molar-refractivity contribution >= 4 is 61.9 Å². The van der Waals surface area contributed by atoms with Gasteiger partial charge in [0.1, 0.15) is 4.83 Å². The first-order chi connectivity index (χ1) is 15.7. The van der Waals surface area contributed by atoms with Gasteiger partial charge in [0.2, 0.25) is 5.91 Å². The molecular weight excluding hydrogens is 479 g/mol. The zero-order chi connectivity index (χ0) is 21.9. The van der Waals surface area contributed by atoms with Gasteiger partial charge in [-0.2, -0.15) is 0 Å². The standard InChI is InChI=1S/C23H17N3O2S4/c27-19(24-12-16-8-4-10-29-16)14-32-23-25-21-20(17(13-31-21)18-9-5-11-30-18)22(28)26(23)15-6-2-1-3-7-15/h1-11,13H,12,14H2,(H,24,27). The van der Waals surface area contributed by atoms with E-state index in [9.17, 15) is 9.59 Å². The molecule has 9 heteroatoms. The minimum atomic E-state index is -0.118. The number of amides is 1. The number of thiophene rings is 3. The van der Waals surface area contributed by atoms with E-state index in [1.54, 1.807) is 27.2 Å². The molecule has 0 spiro atoms. The van der Waals surface area contributed by atoms with Gasteiger partial charge in [-0.05, 0) is 35.0 Å². The lowest BCUT2D eigenvalue weighted by molar-refractivity contribution is -0.118. The first kappa shape index (κ1) is 21.1. The van der Waals surface area contributed by atoms with Gasteiger partial charge in [0.25, 0.3) is 5.56 Å². The lowest BCUT2D eigenvalue weighted by Gasteiger charge is -2.12. The Bertz CT molecular complexity index is 1410. The van der Waals surface area contributed by atoms with Gasteiger partial charge in [-0.3, -0.25) is 14.2 Å². The monoisotopic (exact) mass is 495 g/mol. The molecule has 0 atom stereocenters. The fourth-order valence-electron chi connectivity index (χ4n) is 3.27. The fourth-order valence-corrected chi connectivity index (χ4v) is 6.56. The second-order valence-corrected chi connectivity index (χ2v) is 10.6. The molecule has 0 bridgehead atoms. The fraction of sp³-hybridized carbons (Fsp3) is 0.0870. The van der Waals surface area contributed by atoms with E-state index in [1.807, 2.05) is 70.7 Å². The third-order valence-corrected chi connectivity index (χ3v) is 8.34. The van der Waals surface area contributed by atoms with Gasteiger partial charge >= 0.3 is 0 Å². The number of benzene rings is 1. The van der Waals surface area contributed by atoms with Gasteiger partial charge in [0.15, 0.2) is 5.16 Å². The quantitative estimate of drug-likeness (QED) is 0.234. The Morgan fingerprint density at radius 3 is 2.56 bits per heavy atom. The summed E-state index contributed by atoms with van der Waals surface area (Å²) in [5.41, 5.74) is 1.52. The number of hydrogen-bond acceptors (Lipinski definition) is 7. The summed E-state index contributed by atoms with van der Waals surface area (Å²) in [6.07, 6.45) is 0. The Morgan fingerprint density at radius 1 is 1.00 bits per heavy atom. The molecule has 0 fully saturated rings. The molecule has 5 aromatic rings. The van der Waals surface area contributed by atoms with Crippen molar-refractivity contribution in [3.05, 3.63) is 86.0 Å². The molecule has 1 amide bonds. The molecule has 5 rings (SSSR count). The molecule has 4 aromatic heterocycles. The van der Waals surface area contributed by atoms with E-state index in [4.69, 9.17) is 4.98 Å². The predicted octanol–water partition coefficient (Wildman–Crippen LogP) is 5.65. The van der Waals surface area contributed by atoms with Gasteiger partial charge in [-0.15, -0.1) is 34.0 Å². The summed E-state index contributed by atoms with van der Waals surface area (Å²) in [4.78, 5) is 33.7. The summed E-state index contributed by atoms with van der Waals surface area (Å²) in [6, 6.07) is 17.4. The number of fused-ring (bicyclic) bond motifs is 1. The van der Waals surface area contributed by atoms with E-state index in [2.05, 4.69) is 5.32 Å². The van der Waals surface area contributed by atoms with Gasteiger partial charge in [0, 0.05) is 20.7 Å². The number of nitrogens with zero attached hydrogens (tertiary/aromatic N) is 2. The van der Waals surface area contributed by atoms with Crippen molar-refractivity contribution in [2.24, 2.45) is 0 Å². The van der Waals surface area contributed by atoms with Crippen LogP contribution in [0.3, 0.4) is 0 Å². The summed E-state index contributed by atoms with van der Waals surface area (Å²) in [7, 11) is 0. The third-order valence-electron chi connectivity index (χ3n) is 4.75. The number of aromatic nitrogens is 2. The highest BCUT2D eigenvalue weighted by Crippen LogP contribution is 2.35. The molecule has 4 heterocycles. The molecule has 0 saturated carbocycles. The molecule has 5 nitrogen and oxygen atoms in total. The van der Waals surface area contributed by atoms with Crippen LogP contribution in [-0.4, -0.2) is 21.2 Å². The van der Waals surface area contributed by atoms with E-state index >= 15 is 0 Å². The van der Waals surface area contributed by atoms with Crippen LogP contribution in [0.2, 0.25) is 0 Å². The molecule has 1 aromatic carbocycles. The highest BCUT2D eigenvalue weighted by Gasteiger charge is 2.19. The maximum atomic E-state index is 13.7. The van der Waals surface area contributed by atoms with E-state index in [-0.39, 0.29) is 17.2 Å². The van der Waals surface area contributed by atoms with Crippen molar-refractivity contribution in [2.75, 3.05) is 5.75 Å². The number of nitrogens with one attached hydrogen (secondary N) is 1. The van der Waals surface area contributed by atoms with Crippen LogP contribution in [0.15, 0.2) is 80.7 Å². The smallest absolute Gasteiger partial charge is 0.268 e. The Kier molecular flexibility index (Phi) is 6.22. The van der Waals surface area contributed by atoms with Gasteiger partial charge in [0.05, 0.1) is 23.4 Å². The van der Waals surface area contributed by atoms with Crippen LogP contribution in [0, 0.1) is 0 Å². The normalized spacial score (nSPS) is 11.1. The number of hydrogen-bond donors (Lipinski definition) is 1. The first-order valence-corrected chi connectivity index (χ1v) is 13.4. The van der Waals surface area contributed by atoms with E-state index < -0.39 is 0 Å². The van der Waals surface area contributed by atoms with Crippen LogP contribution < -0.4 is 10.9 Å². The van der Waals surface area contributed by atoms with Crippen molar-refractivity contribution in [2.45, 2.75) is 11.7 Å². The van der Waals surface area contributed by atoms with Crippen molar-refractivity contribution in [3.8, 4) is 16.1 Å². The molecule has 160 valence electrons. The maximum Gasteiger partial charge on any atom is 0.268 e. The van der Waals surface area contributed by atoms with Crippen LogP contribution in [0.25, 0.3) is 26.3 Å². The summed E-state index contributed by atoms with van der Waals surface area (Å²) in [6.45, 7) is 0.504.